The van der Waals surface area contributed by atoms with Gasteiger partial charge in [-0.3, -0.25) is 19.6 Å². The highest BCUT2D eigenvalue weighted by molar-refractivity contribution is 6.30. The lowest BCUT2D eigenvalue weighted by Crippen LogP contribution is -2.35. The number of fused-ring (bicyclic) bond motifs is 1. The molecule has 1 amide bonds. The van der Waals surface area contributed by atoms with Gasteiger partial charge in [-0.25, -0.2) is 0 Å². The molecule has 1 aromatic heterocycles. The summed E-state index contributed by atoms with van der Waals surface area (Å²) in [6.07, 6.45) is -0.824. The Labute approximate surface area is 201 Å². The van der Waals surface area contributed by atoms with E-state index in [9.17, 15) is 14.7 Å². The van der Waals surface area contributed by atoms with Gasteiger partial charge >= 0.3 is 0 Å². The number of morpholine rings is 1. The number of aliphatic hydroxyl groups excluding tert-OH is 1. The fourth-order valence-electron chi connectivity index (χ4n) is 3.70. The summed E-state index contributed by atoms with van der Waals surface area (Å²) in [4.78, 5) is 28.2. The van der Waals surface area contributed by atoms with E-state index >= 15 is 0 Å². The molecular formula is C25H25ClN4O4. The van der Waals surface area contributed by atoms with E-state index in [1.807, 2.05) is 6.07 Å². The second-order valence-electron chi connectivity index (χ2n) is 8.11. The highest BCUT2D eigenvalue weighted by atomic mass is 35.5. The van der Waals surface area contributed by atoms with Crippen LogP contribution in [0, 0.1) is 11.8 Å². The summed E-state index contributed by atoms with van der Waals surface area (Å²) in [7, 11) is 0. The van der Waals surface area contributed by atoms with Gasteiger partial charge in [0.25, 0.3) is 5.91 Å². The first kappa shape index (κ1) is 23.9. The summed E-state index contributed by atoms with van der Waals surface area (Å²) < 4.78 is 5.41. The first-order valence-electron chi connectivity index (χ1n) is 11.0. The lowest BCUT2D eigenvalue weighted by Gasteiger charge is -2.26. The minimum Gasteiger partial charge on any atom is -0.381 e. The maximum absolute atomic E-state index is 13.3. The summed E-state index contributed by atoms with van der Waals surface area (Å²) in [6, 6.07) is 10.7. The normalized spacial score (nSPS) is 14.9. The molecule has 176 valence electrons. The van der Waals surface area contributed by atoms with Crippen molar-refractivity contribution in [3.05, 3.63) is 74.0 Å². The summed E-state index contributed by atoms with van der Waals surface area (Å²) in [5.74, 6) is 5.07. The Hall–Kier alpha value is -3.22. The van der Waals surface area contributed by atoms with Gasteiger partial charge in [0.15, 0.2) is 5.69 Å². The maximum Gasteiger partial charge on any atom is 0.276 e. The molecule has 1 saturated heterocycles. The minimum absolute atomic E-state index is 0.223. The fraction of sp³-hybridized carbons (Fsp3) is 0.320. The zero-order valence-electron chi connectivity index (χ0n) is 18.7. The van der Waals surface area contributed by atoms with Crippen LogP contribution in [-0.4, -0.2) is 58.5 Å². The minimum atomic E-state index is -0.824. The Balaban J connectivity index is 1.67. The summed E-state index contributed by atoms with van der Waals surface area (Å²) >= 11 is 5.90. The largest absolute Gasteiger partial charge is 0.381 e. The molecule has 2 aromatic carbocycles. The van der Waals surface area contributed by atoms with Crippen LogP contribution < -0.4 is 10.7 Å². The number of carbonyl (C=O) groups is 1. The van der Waals surface area contributed by atoms with Crippen LogP contribution >= 0.6 is 11.6 Å². The van der Waals surface area contributed by atoms with Crippen molar-refractivity contribution in [2.45, 2.75) is 26.1 Å². The molecule has 1 atom stereocenters. The molecule has 0 radical (unpaired) electrons. The predicted molar refractivity (Wildman–Crippen MR) is 130 cm³/mol. The Morgan fingerprint density at radius 3 is 2.71 bits per heavy atom. The molecular weight excluding hydrogens is 456 g/mol. The predicted octanol–water partition coefficient (Wildman–Crippen LogP) is 2.07. The van der Waals surface area contributed by atoms with E-state index in [1.165, 1.54) is 0 Å². The van der Waals surface area contributed by atoms with Crippen LogP contribution in [0.25, 0.3) is 10.9 Å². The van der Waals surface area contributed by atoms with E-state index in [-0.39, 0.29) is 12.2 Å². The number of nitrogens with one attached hydrogen (secondary N) is 2. The van der Waals surface area contributed by atoms with Gasteiger partial charge in [-0.05, 0) is 42.3 Å². The smallest absolute Gasteiger partial charge is 0.276 e. The number of ether oxygens (including phenoxy) is 1. The van der Waals surface area contributed by atoms with Crippen molar-refractivity contribution in [2.75, 3.05) is 26.3 Å². The number of nitrogens with zero attached hydrogens (tertiary/aromatic N) is 2. The molecule has 1 aliphatic rings. The summed E-state index contributed by atoms with van der Waals surface area (Å²) in [6.45, 7) is 5.31. The Morgan fingerprint density at radius 2 is 2.00 bits per heavy atom. The van der Waals surface area contributed by atoms with Crippen molar-refractivity contribution in [1.29, 1.82) is 0 Å². The Kier molecular flexibility index (Phi) is 7.60. The highest BCUT2D eigenvalue weighted by Gasteiger charge is 2.18. The van der Waals surface area contributed by atoms with E-state index in [2.05, 4.69) is 32.3 Å². The topological polar surface area (TPSA) is 108 Å². The SMILES string of the molecule is C[C@@H](O)C#Cc1cc(CN2CCOCC2)cc2c(=O)c(C(=O)NCc3ccc(Cl)cc3)n[nH]c12. The third-order valence-corrected chi connectivity index (χ3v) is 5.70. The van der Waals surface area contributed by atoms with Gasteiger partial charge in [0.2, 0.25) is 5.43 Å². The Morgan fingerprint density at radius 1 is 1.26 bits per heavy atom. The Bertz CT molecular complexity index is 1300. The van der Waals surface area contributed by atoms with Gasteiger partial charge in [-0.15, -0.1) is 0 Å². The third kappa shape index (κ3) is 5.82. The van der Waals surface area contributed by atoms with Crippen molar-refractivity contribution in [1.82, 2.24) is 20.4 Å². The second kappa shape index (κ2) is 10.8. The molecule has 4 rings (SSSR count). The van der Waals surface area contributed by atoms with Crippen LogP contribution in [0.1, 0.15) is 34.1 Å². The summed E-state index contributed by atoms with van der Waals surface area (Å²) in [5.41, 5.74) is 2.00. The van der Waals surface area contributed by atoms with Crippen LogP contribution in [0.4, 0.5) is 0 Å². The molecule has 2 heterocycles. The number of rotatable bonds is 5. The molecule has 0 bridgehead atoms. The highest BCUT2D eigenvalue weighted by Crippen LogP contribution is 2.18. The number of benzene rings is 2. The average Bonchev–Trinajstić information content (AvgIpc) is 2.83. The van der Waals surface area contributed by atoms with E-state index in [0.29, 0.717) is 41.2 Å². The first-order valence-corrected chi connectivity index (χ1v) is 11.4. The van der Waals surface area contributed by atoms with Gasteiger partial charge in [-0.2, -0.15) is 5.10 Å². The first-order chi connectivity index (χ1) is 16.4. The monoisotopic (exact) mass is 480 g/mol. The van der Waals surface area contributed by atoms with Crippen LogP contribution in [0.15, 0.2) is 41.2 Å². The van der Waals surface area contributed by atoms with E-state index in [0.717, 1.165) is 24.2 Å². The molecule has 3 N–H and O–H groups in total. The van der Waals surface area contributed by atoms with Crippen LogP contribution in [0.3, 0.4) is 0 Å². The lowest BCUT2D eigenvalue weighted by molar-refractivity contribution is 0.0342. The number of aliphatic hydroxyl groups is 1. The molecule has 0 spiro atoms. The number of H-pyrrole nitrogens is 1. The molecule has 9 heteroatoms. The zero-order chi connectivity index (χ0) is 24.1. The van der Waals surface area contributed by atoms with Crippen LogP contribution in [0.2, 0.25) is 5.02 Å². The van der Waals surface area contributed by atoms with Crippen molar-refractivity contribution in [2.24, 2.45) is 0 Å². The van der Waals surface area contributed by atoms with Crippen molar-refractivity contribution in [3.63, 3.8) is 0 Å². The number of amides is 1. The lowest BCUT2D eigenvalue weighted by atomic mass is 10.0. The molecule has 0 unspecified atom stereocenters. The van der Waals surface area contributed by atoms with Gasteiger partial charge in [0.1, 0.15) is 6.10 Å². The number of halogens is 1. The zero-order valence-corrected chi connectivity index (χ0v) is 19.5. The van der Waals surface area contributed by atoms with Crippen molar-refractivity contribution in [3.8, 4) is 11.8 Å². The van der Waals surface area contributed by atoms with Gasteiger partial charge < -0.3 is 15.2 Å². The number of carbonyl (C=O) groups excluding carboxylic acids is 1. The van der Waals surface area contributed by atoms with E-state index < -0.39 is 17.4 Å². The quantitative estimate of drug-likeness (QED) is 0.482. The van der Waals surface area contributed by atoms with E-state index in [4.69, 9.17) is 16.3 Å². The molecule has 1 aliphatic heterocycles. The summed E-state index contributed by atoms with van der Waals surface area (Å²) in [5, 5.41) is 20.1. The van der Waals surface area contributed by atoms with Gasteiger partial charge in [0.05, 0.1) is 29.7 Å². The second-order valence-corrected chi connectivity index (χ2v) is 8.55. The molecule has 1 fully saturated rings. The van der Waals surface area contributed by atoms with Crippen molar-refractivity contribution >= 4 is 28.4 Å². The van der Waals surface area contributed by atoms with Crippen LogP contribution in [-0.2, 0) is 17.8 Å². The van der Waals surface area contributed by atoms with Gasteiger partial charge in [0, 0.05) is 31.2 Å². The third-order valence-electron chi connectivity index (χ3n) is 5.44. The maximum atomic E-state index is 13.3. The number of hydrogen-bond donors (Lipinski definition) is 3. The molecule has 8 nitrogen and oxygen atoms in total. The molecule has 0 aliphatic carbocycles. The number of aromatic nitrogens is 2. The van der Waals surface area contributed by atoms with Crippen LogP contribution in [0.5, 0.6) is 0 Å². The van der Waals surface area contributed by atoms with Crippen molar-refractivity contribution < 1.29 is 14.6 Å². The van der Waals surface area contributed by atoms with Gasteiger partial charge in [-0.1, -0.05) is 35.6 Å². The number of hydrogen-bond acceptors (Lipinski definition) is 6. The molecule has 3 aromatic rings. The van der Waals surface area contributed by atoms with E-state index in [1.54, 1.807) is 37.3 Å². The molecule has 0 saturated carbocycles. The fourth-order valence-corrected chi connectivity index (χ4v) is 3.83. The average molecular weight is 481 g/mol. The standard InChI is InChI=1S/C25H25ClN4O4/c1-16(31)2-5-19-12-18(15-30-8-10-34-11-9-30)13-21-22(19)28-29-23(24(21)32)25(33)27-14-17-3-6-20(26)7-4-17/h3-4,6-7,12-13,16,31H,8-11,14-15H2,1H3,(H,27,33)(H,28,32)/t16-/m1/s1. The number of aromatic amines is 1. The molecule has 34 heavy (non-hydrogen) atoms.